The number of ketones is 1. The molecule has 0 N–H and O–H groups in total. The third-order valence-electron chi connectivity index (χ3n) is 3.58. The lowest BCUT2D eigenvalue weighted by atomic mass is 10.0. The van der Waals surface area contributed by atoms with Crippen LogP contribution in [0.5, 0.6) is 5.75 Å². The molecule has 0 spiro atoms. The van der Waals surface area contributed by atoms with Crippen molar-refractivity contribution in [1.29, 1.82) is 0 Å². The van der Waals surface area contributed by atoms with E-state index >= 15 is 0 Å². The molecule has 3 heteroatoms. The maximum Gasteiger partial charge on any atom is 0.187 e. The number of aromatic nitrogens is 1. The normalized spacial score (nSPS) is 11.0. The number of nitrogens with zero attached hydrogens (tertiary/aromatic N) is 1. The molecule has 0 saturated heterocycles. The van der Waals surface area contributed by atoms with Crippen LogP contribution >= 0.6 is 0 Å². The average Bonchev–Trinajstić information content (AvgIpc) is 2.61. The zero-order chi connectivity index (χ0) is 16.1. The summed E-state index contributed by atoms with van der Waals surface area (Å²) in [4.78, 5) is 16.2. The predicted octanol–water partition coefficient (Wildman–Crippen LogP) is 4.53. The molecule has 3 aromatic rings. The van der Waals surface area contributed by atoms with Crippen LogP contribution in [0.2, 0.25) is 0 Å². The van der Waals surface area contributed by atoms with Gasteiger partial charge in [-0.3, -0.25) is 9.78 Å². The van der Waals surface area contributed by atoms with Gasteiger partial charge < -0.3 is 4.74 Å². The SMILES string of the molecule is CCOc1ccc2ccccc2c1/C=C/C(=O)c1cccnc1. The molecule has 0 radical (unpaired) electrons. The summed E-state index contributed by atoms with van der Waals surface area (Å²) in [7, 11) is 0. The van der Waals surface area contributed by atoms with Crippen molar-refractivity contribution in [3.05, 3.63) is 78.1 Å². The number of allylic oxidation sites excluding steroid dienone is 1. The molecule has 0 saturated carbocycles. The lowest BCUT2D eigenvalue weighted by molar-refractivity contribution is 0.104. The highest BCUT2D eigenvalue weighted by molar-refractivity contribution is 6.08. The van der Waals surface area contributed by atoms with Gasteiger partial charge >= 0.3 is 0 Å². The largest absolute Gasteiger partial charge is 0.493 e. The monoisotopic (exact) mass is 303 g/mol. The second-order valence-corrected chi connectivity index (χ2v) is 5.07. The molecule has 23 heavy (non-hydrogen) atoms. The van der Waals surface area contributed by atoms with Gasteiger partial charge in [0, 0.05) is 23.5 Å². The van der Waals surface area contributed by atoms with Gasteiger partial charge in [-0.15, -0.1) is 0 Å². The zero-order valence-corrected chi connectivity index (χ0v) is 12.9. The summed E-state index contributed by atoms with van der Waals surface area (Å²) in [5.41, 5.74) is 1.49. The Hall–Kier alpha value is -2.94. The number of ether oxygens (including phenoxy) is 1. The molecule has 0 atom stereocenters. The first-order valence-electron chi connectivity index (χ1n) is 7.56. The van der Waals surface area contributed by atoms with Crippen LogP contribution in [0, 0.1) is 0 Å². The Bertz CT molecular complexity index is 854. The Balaban J connectivity index is 2.02. The lowest BCUT2D eigenvalue weighted by Crippen LogP contribution is -1.96. The molecule has 0 bridgehead atoms. The second kappa shape index (κ2) is 6.88. The molecule has 2 aromatic carbocycles. The zero-order valence-electron chi connectivity index (χ0n) is 12.9. The standard InChI is InChI=1S/C20H17NO2/c1-2-23-20-12-9-15-6-3-4-8-17(15)18(20)10-11-19(22)16-7-5-13-21-14-16/h3-14H,2H2,1H3/b11-10+. The smallest absolute Gasteiger partial charge is 0.187 e. The second-order valence-electron chi connectivity index (χ2n) is 5.07. The van der Waals surface area contributed by atoms with E-state index in [9.17, 15) is 4.79 Å². The fraction of sp³-hybridized carbons (Fsp3) is 0.100. The van der Waals surface area contributed by atoms with Crippen molar-refractivity contribution in [3.8, 4) is 5.75 Å². The third-order valence-corrected chi connectivity index (χ3v) is 3.58. The summed E-state index contributed by atoms with van der Waals surface area (Å²) < 4.78 is 5.71. The van der Waals surface area contributed by atoms with Crippen molar-refractivity contribution in [2.24, 2.45) is 0 Å². The van der Waals surface area contributed by atoms with Gasteiger partial charge in [0.15, 0.2) is 5.78 Å². The van der Waals surface area contributed by atoms with Crippen LogP contribution in [0.4, 0.5) is 0 Å². The van der Waals surface area contributed by atoms with Crippen molar-refractivity contribution in [2.75, 3.05) is 6.61 Å². The highest BCUT2D eigenvalue weighted by Crippen LogP contribution is 2.29. The van der Waals surface area contributed by atoms with Gasteiger partial charge in [0.2, 0.25) is 0 Å². The van der Waals surface area contributed by atoms with Crippen molar-refractivity contribution in [1.82, 2.24) is 4.98 Å². The number of carbonyl (C=O) groups is 1. The number of fused-ring (bicyclic) bond motifs is 1. The quantitative estimate of drug-likeness (QED) is 0.513. The minimum Gasteiger partial charge on any atom is -0.493 e. The van der Waals surface area contributed by atoms with Crippen molar-refractivity contribution in [3.63, 3.8) is 0 Å². The average molecular weight is 303 g/mol. The van der Waals surface area contributed by atoms with E-state index in [0.29, 0.717) is 12.2 Å². The van der Waals surface area contributed by atoms with Crippen molar-refractivity contribution in [2.45, 2.75) is 6.92 Å². The molecule has 114 valence electrons. The number of hydrogen-bond donors (Lipinski definition) is 0. The number of carbonyl (C=O) groups excluding carboxylic acids is 1. The van der Waals surface area contributed by atoms with Gasteiger partial charge in [0.25, 0.3) is 0 Å². The lowest BCUT2D eigenvalue weighted by Gasteiger charge is -2.10. The van der Waals surface area contributed by atoms with Crippen LogP contribution in [-0.4, -0.2) is 17.4 Å². The summed E-state index contributed by atoms with van der Waals surface area (Å²) in [6, 6.07) is 15.5. The highest BCUT2D eigenvalue weighted by atomic mass is 16.5. The minimum atomic E-state index is -0.0755. The molecule has 1 aromatic heterocycles. The third kappa shape index (κ3) is 3.29. The van der Waals surface area contributed by atoms with E-state index in [2.05, 4.69) is 4.98 Å². The first kappa shape index (κ1) is 15.0. The van der Waals surface area contributed by atoms with Gasteiger partial charge in [-0.1, -0.05) is 30.3 Å². The molecule has 1 heterocycles. The Kier molecular flexibility index (Phi) is 4.48. The number of benzene rings is 2. The van der Waals surface area contributed by atoms with Crippen molar-refractivity contribution < 1.29 is 9.53 Å². The number of rotatable bonds is 5. The molecular formula is C20H17NO2. The van der Waals surface area contributed by atoms with E-state index in [0.717, 1.165) is 22.1 Å². The van der Waals surface area contributed by atoms with E-state index in [1.165, 1.54) is 0 Å². The summed E-state index contributed by atoms with van der Waals surface area (Å²) in [5, 5.41) is 2.18. The molecule has 0 unspecified atom stereocenters. The summed E-state index contributed by atoms with van der Waals surface area (Å²) in [5.74, 6) is 0.704. The van der Waals surface area contributed by atoms with Gasteiger partial charge in [0.1, 0.15) is 5.75 Å². The van der Waals surface area contributed by atoms with E-state index in [1.54, 1.807) is 30.6 Å². The Labute approximate surface area is 135 Å². The minimum absolute atomic E-state index is 0.0755. The topological polar surface area (TPSA) is 39.2 Å². The summed E-state index contributed by atoms with van der Waals surface area (Å²) >= 11 is 0. The van der Waals surface area contributed by atoms with E-state index < -0.39 is 0 Å². The Morgan fingerprint density at radius 1 is 1.13 bits per heavy atom. The van der Waals surface area contributed by atoms with Crippen LogP contribution in [0.25, 0.3) is 16.8 Å². The maximum atomic E-state index is 12.3. The molecule has 0 aliphatic rings. The maximum absolute atomic E-state index is 12.3. The fourth-order valence-electron chi connectivity index (χ4n) is 2.49. The van der Waals surface area contributed by atoms with Gasteiger partial charge in [-0.05, 0) is 48.0 Å². The molecule has 0 aliphatic heterocycles. The molecule has 3 nitrogen and oxygen atoms in total. The van der Waals surface area contributed by atoms with Crippen molar-refractivity contribution >= 4 is 22.6 Å². The summed E-state index contributed by atoms with van der Waals surface area (Å²) in [6.07, 6.45) is 6.61. The number of hydrogen-bond acceptors (Lipinski definition) is 3. The first-order valence-corrected chi connectivity index (χ1v) is 7.56. The van der Waals surface area contributed by atoms with Crippen LogP contribution in [0.15, 0.2) is 67.0 Å². The molecular weight excluding hydrogens is 286 g/mol. The van der Waals surface area contributed by atoms with Crippen LogP contribution in [-0.2, 0) is 0 Å². The highest BCUT2D eigenvalue weighted by Gasteiger charge is 2.07. The van der Waals surface area contributed by atoms with E-state index in [1.807, 2.05) is 49.4 Å². The molecule has 0 aliphatic carbocycles. The predicted molar refractivity (Wildman–Crippen MR) is 92.7 cm³/mol. The molecule has 0 amide bonds. The first-order chi connectivity index (χ1) is 11.3. The van der Waals surface area contributed by atoms with Crippen LogP contribution in [0.3, 0.4) is 0 Å². The summed E-state index contributed by atoms with van der Waals surface area (Å²) in [6.45, 7) is 2.53. The van der Waals surface area contributed by atoms with E-state index in [-0.39, 0.29) is 5.78 Å². The Morgan fingerprint density at radius 2 is 2.00 bits per heavy atom. The van der Waals surface area contributed by atoms with Crippen LogP contribution < -0.4 is 4.74 Å². The van der Waals surface area contributed by atoms with E-state index in [4.69, 9.17) is 4.74 Å². The number of pyridine rings is 1. The fourth-order valence-corrected chi connectivity index (χ4v) is 2.49. The Morgan fingerprint density at radius 3 is 2.78 bits per heavy atom. The molecule has 0 fully saturated rings. The van der Waals surface area contributed by atoms with Gasteiger partial charge in [-0.2, -0.15) is 0 Å². The molecule has 3 rings (SSSR count). The van der Waals surface area contributed by atoms with Crippen LogP contribution in [0.1, 0.15) is 22.8 Å². The van der Waals surface area contributed by atoms with Gasteiger partial charge in [-0.25, -0.2) is 0 Å². The van der Waals surface area contributed by atoms with Gasteiger partial charge in [0.05, 0.1) is 6.61 Å².